The van der Waals surface area contributed by atoms with Gasteiger partial charge in [-0.25, -0.2) is 4.99 Å². The van der Waals surface area contributed by atoms with E-state index in [1.165, 1.54) is 0 Å². The summed E-state index contributed by atoms with van der Waals surface area (Å²) in [6.45, 7) is 2.51. The predicted octanol–water partition coefficient (Wildman–Crippen LogP) is 5.57. The van der Waals surface area contributed by atoms with E-state index in [0.717, 1.165) is 11.3 Å². The Morgan fingerprint density at radius 1 is 0.966 bits per heavy atom. The molecule has 0 aromatic heterocycles. The van der Waals surface area contributed by atoms with Crippen LogP contribution >= 0.6 is 11.6 Å². The highest BCUT2D eigenvalue weighted by atomic mass is 35.5. The molecule has 0 atom stereocenters. The van der Waals surface area contributed by atoms with Crippen molar-refractivity contribution >= 4 is 35.1 Å². The van der Waals surface area contributed by atoms with Crippen molar-refractivity contribution in [1.29, 1.82) is 0 Å². The normalized spacial score (nSPS) is 15.0. The van der Waals surface area contributed by atoms with Gasteiger partial charge in [-0.15, -0.1) is 0 Å². The number of hydrogen-bond acceptors (Lipinski definition) is 3. The van der Waals surface area contributed by atoms with E-state index in [1.54, 1.807) is 17.0 Å². The Balaban J connectivity index is 1.80. The molecule has 4 nitrogen and oxygen atoms in total. The SMILES string of the molecule is CCOc1ccc(N2C(=O)/C(=C\c3ccccc3)N=C2c2ccccc2Cl)cc1. The van der Waals surface area contributed by atoms with Crippen LogP contribution in [-0.4, -0.2) is 18.3 Å². The fraction of sp³-hybridized carbons (Fsp3) is 0.0833. The predicted molar refractivity (Wildman–Crippen MR) is 118 cm³/mol. The molecule has 0 bridgehead atoms. The van der Waals surface area contributed by atoms with Gasteiger partial charge in [0, 0.05) is 5.56 Å². The van der Waals surface area contributed by atoms with Crippen molar-refractivity contribution in [2.24, 2.45) is 4.99 Å². The molecule has 0 spiro atoms. The summed E-state index contributed by atoms with van der Waals surface area (Å²) in [6, 6.07) is 24.4. The molecule has 0 fully saturated rings. The fourth-order valence-corrected chi connectivity index (χ4v) is 3.36. The molecule has 0 unspecified atom stereocenters. The van der Waals surface area contributed by atoms with Gasteiger partial charge in [0.1, 0.15) is 17.3 Å². The van der Waals surface area contributed by atoms with Crippen LogP contribution in [0.2, 0.25) is 5.02 Å². The molecule has 5 heteroatoms. The third-order valence-corrected chi connectivity index (χ3v) is 4.81. The minimum atomic E-state index is -0.201. The third kappa shape index (κ3) is 3.93. The molecule has 1 heterocycles. The second kappa shape index (κ2) is 8.33. The molecule has 144 valence electrons. The van der Waals surface area contributed by atoms with Crippen LogP contribution in [0.3, 0.4) is 0 Å². The fourth-order valence-electron chi connectivity index (χ4n) is 3.14. The van der Waals surface area contributed by atoms with Crippen molar-refractivity contribution in [3.63, 3.8) is 0 Å². The standard InChI is InChI=1S/C24H19ClN2O2/c1-2-29-19-14-12-18(13-15-19)27-23(20-10-6-7-11-21(20)25)26-22(24(27)28)16-17-8-4-3-5-9-17/h3-16H,2H2,1H3/b22-16+. The maximum atomic E-state index is 13.3. The van der Waals surface area contributed by atoms with Crippen molar-refractivity contribution in [2.75, 3.05) is 11.5 Å². The summed E-state index contributed by atoms with van der Waals surface area (Å²) >= 11 is 6.42. The number of amidine groups is 1. The van der Waals surface area contributed by atoms with Gasteiger partial charge in [0.05, 0.1) is 17.3 Å². The molecule has 1 aliphatic rings. The molecule has 1 amide bonds. The Morgan fingerprint density at radius 3 is 2.34 bits per heavy atom. The third-order valence-electron chi connectivity index (χ3n) is 4.48. The Hall–Kier alpha value is -3.37. The maximum absolute atomic E-state index is 13.3. The van der Waals surface area contributed by atoms with Crippen molar-refractivity contribution in [2.45, 2.75) is 6.92 Å². The Bertz CT molecular complexity index is 1090. The number of carbonyl (C=O) groups is 1. The van der Waals surface area contributed by atoms with E-state index in [0.29, 0.717) is 34.4 Å². The first-order valence-corrected chi connectivity index (χ1v) is 9.73. The van der Waals surface area contributed by atoms with Crippen molar-refractivity contribution < 1.29 is 9.53 Å². The van der Waals surface area contributed by atoms with Gasteiger partial charge in [0.25, 0.3) is 5.91 Å². The van der Waals surface area contributed by atoms with Crippen molar-refractivity contribution in [3.8, 4) is 5.75 Å². The first-order chi connectivity index (χ1) is 14.2. The average Bonchev–Trinajstić information content (AvgIpc) is 3.06. The van der Waals surface area contributed by atoms with Gasteiger partial charge in [-0.1, -0.05) is 54.1 Å². The maximum Gasteiger partial charge on any atom is 0.282 e. The van der Waals surface area contributed by atoms with Gasteiger partial charge in [0.2, 0.25) is 0 Å². The number of amides is 1. The Kier molecular flexibility index (Phi) is 5.45. The van der Waals surface area contributed by atoms with Crippen LogP contribution in [0.25, 0.3) is 6.08 Å². The van der Waals surface area contributed by atoms with E-state index >= 15 is 0 Å². The number of rotatable bonds is 5. The number of carbonyl (C=O) groups excluding carboxylic acids is 1. The van der Waals surface area contributed by atoms with Crippen LogP contribution in [0.1, 0.15) is 18.1 Å². The molecule has 0 saturated heterocycles. The van der Waals surface area contributed by atoms with E-state index < -0.39 is 0 Å². The van der Waals surface area contributed by atoms with Crippen molar-refractivity contribution in [1.82, 2.24) is 0 Å². The lowest BCUT2D eigenvalue weighted by molar-refractivity contribution is -0.113. The topological polar surface area (TPSA) is 41.9 Å². The molecule has 4 rings (SSSR count). The molecule has 0 radical (unpaired) electrons. The Labute approximate surface area is 174 Å². The lowest BCUT2D eigenvalue weighted by Crippen LogP contribution is -2.32. The molecule has 3 aromatic carbocycles. The quantitative estimate of drug-likeness (QED) is 0.523. The van der Waals surface area contributed by atoms with E-state index in [4.69, 9.17) is 16.3 Å². The van der Waals surface area contributed by atoms with Gasteiger partial charge >= 0.3 is 0 Å². The summed E-state index contributed by atoms with van der Waals surface area (Å²) in [5.74, 6) is 1.05. The lowest BCUT2D eigenvalue weighted by atomic mass is 10.1. The van der Waals surface area contributed by atoms with E-state index in [2.05, 4.69) is 4.99 Å². The van der Waals surface area contributed by atoms with Gasteiger partial charge < -0.3 is 4.74 Å². The number of benzene rings is 3. The minimum absolute atomic E-state index is 0.201. The highest BCUT2D eigenvalue weighted by Crippen LogP contribution is 2.31. The first kappa shape index (κ1) is 19.0. The summed E-state index contributed by atoms with van der Waals surface area (Å²) in [5.41, 5.74) is 2.67. The number of anilines is 1. The van der Waals surface area contributed by atoms with Gasteiger partial charge in [-0.2, -0.15) is 0 Å². The number of halogens is 1. The zero-order valence-corrected chi connectivity index (χ0v) is 16.6. The smallest absolute Gasteiger partial charge is 0.282 e. The number of aliphatic imine (C=N–C) groups is 1. The number of nitrogens with zero attached hydrogens (tertiary/aromatic N) is 2. The van der Waals surface area contributed by atoms with E-state index in [1.807, 2.05) is 79.7 Å². The molecular weight excluding hydrogens is 384 g/mol. The second-order valence-electron chi connectivity index (χ2n) is 6.42. The zero-order chi connectivity index (χ0) is 20.2. The van der Waals surface area contributed by atoms with Crippen LogP contribution in [0.5, 0.6) is 5.75 Å². The monoisotopic (exact) mass is 402 g/mol. The summed E-state index contributed by atoms with van der Waals surface area (Å²) in [6.07, 6.45) is 1.79. The van der Waals surface area contributed by atoms with Gasteiger partial charge in [-0.05, 0) is 55.0 Å². The van der Waals surface area contributed by atoms with Crippen LogP contribution in [-0.2, 0) is 4.79 Å². The molecular formula is C24H19ClN2O2. The molecule has 3 aromatic rings. The summed E-state index contributed by atoms with van der Waals surface area (Å²) in [5, 5.41) is 0.538. The minimum Gasteiger partial charge on any atom is -0.494 e. The molecule has 1 aliphatic heterocycles. The highest BCUT2D eigenvalue weighted by Gasteiger charge is 2.33. The van der Waals surface area contributed by atoms with Crippen molar-refractivity contribution in [3.05, 3.63) is 101 Å². The van der Waals surface area contributed by atoms with E-state index in [9.17, 15) is 4.79 Å². The summed E-state index contributed by atoms with van der Waals surface area (Å²) in [7, 11) is 0. The first-order valence-electron chi connectivity index (χ1n) is 9.35. The second-order valence-corrected chi connectivity index (χ2v) is 6.83. The van der Waals surface area contributed by atoms with Gasteiger partial charge in [0.15, 0.2) is 0 Å². The van der Waals surface area contributed by atoms with Crippen LogP contribution in [0.4, 0.5) is 5.69 Å². The van der Waals surface area contributed by atoms with Gasteiger partial charge in [-0.3, -0.25) is 9.69 Å². The number of hydrogen-bond donors (Lipinski definition) is 0. The highest BCUT2D eigenvalue weighted by molar-refractivity contribution is 6.39. The van der Waals surface area contributed by atoms with Crippen LogP contribution in [0, 0.1) is 0 Å². The van der Waals surface area contributed by atoms with Crippen LogP contribution in [0.15, 0.2) is 89.6 Å². The molecule has 0 aliphatic carbocycles. The lowest BCUT2D eigenvalue weighted by Gasteiger charge is -2.19. The van der Waals surface area contributed by atoms with Crippen LogP contribution < -0.4 is 9.64 Å². The largest absolute Gasteiger partial charge is 0.494 e. The average molecular weight is 403 g/mol. The zero-order valence-electron chi connectivity index (χ0n) is 15.9. The van der Waals surface area contributed by atoms with E-state index in [-0.39, 0.29) is 5.91 Å². The number of ether oxygens (including phenoxy) is 1. The molecule has 29 heavy (non-hydrogen) atoms. The molecule has 0 N–H and O–H groups in total. The summed E-state index contributed by atoms with van der Waals surface area (Å²) < 4.78 is 5.51. The molecule has 0 saturated carbocycles. The Morgan fingerprint density at radius 2 is 1.66 bits per heavy atom. The summed E-state index contributed by atoms with van der Waals surface area (Å²) in [4.78, 5) is 19.5.